The number of nitrogens with one attached hydrogen (secondary N) is 1. The van der Waals surface area contributed by atoms with E-state index in [1.807, 2.05) is 0 Å². The van der Waals surface area contributed by atoms with Crippen molar-refractivity contribution in [1.29, 1.82) is 0 Å². The molecule has 0 aromatic carbocycles. The molecule has 0 bridgehead atoms. The molecule has 0 spiro atoms. The summed E-state index contributed by atoms with van der Waals surface area (Å²) in [7, 11) is 0. The third-order valence-electron chi connectivity index (χ3n) is 3.30. The molecule has 2 aliphatic rings. The van der Waals surface area contributed by atoms with Gasteiger partial charge in [-0.2, -0.15) is 0 Å². The van der Waals surface area contributed by atoms with Crippen LogP contribution in [0.15, 0.2) is 4.42 Å². The van der Waals surface area contributed by atoms with Crippen LogP contribution in [0.25, 0.3) is 0 Å². The van der Waals surface area contributed by atoms with Gasteiger partial charge in [0, 0.05) is 12.0 Å². The van der Waals surface area contributed by atoms with Crippen LogP contribution in [0.4, 0.5) is 6.01 Å². The molecular formula is C11H17N3O. The van der Waals surface area contributed by atoms with Gasteiger partial charge in [0.2, 0.25) is 5.89 Å². The Balaban J connectivity index is 1.65. The topological polar surface area (TPSA) is 51.0 Å². The minimum atomic E-state index is 0.515. The zero-order chi connectivity index (χ0) is 10.1. The van der Waals surface area contributed by atoms with Gasteiger partial charge >= 0.3 is 6.01 Å². The number of hydrogen-bond acceptors (Lipinski definition) is 4. The minimum absolute atomic E-state index is 0.515. The second-order valence-corrected chi connectivity index (χ2v) is 4.70. The summed E-state index contributed by atoms with van der Waals surface area (Å²) in [5.41, 5.74) is 0. The van der Waals surface area contributed by atoms with Gasteiger partial charge in [-0.15, -0.1) is 5.10 Å². The third-order valence-corrected chi connectivity index (χ3v) is 3.30. The van der Waals surface area contributed by atoms with Gasteiger partial charge in [-0.25, -0.2) is 0 Å². The fourth-order valence-electron chi connectivity index (χ4n) is 2.21. The van der Waals surface area contributed by atoms with Gasteiger partial charge in [0.25, 0.3) is 0 Å². The molecule has 3 rings (SSSR count). The second kappa shape index (κ2) is 3.83. The Bertz CT molecular complexity index is 326. The first-order valence-electron chi connectivity index (χ1n) is 6.02. The molecule has 1 N–H and O–H groups in total. The Morgan fingerprint density at radius 3 is 2.53 bits per heavy atom. The van der Waals surface area contributed by atoms with E-state index in [2.05, 4.69) is 15.5 Å². The van der Waals surface area contributed by atoms with E-state index in [-0.39, 0.29) is 0 Å². The van der Waals surface area contributed by atoms with Gasteiger partial charge in [0.1, 0.15) is 0 Å². The Morgan fingerprint density at radius 2 is 1.80 bits per heavy atom. The lowest BCUT2D eigenvalue weighted by Gasteiger charge is -2.17. The van der Waals surface area contributed by atoms with Crippen LogP contribution in [0.2, 0.25) is 0 Å². The monoisotopic (exact) mass is 207 g/mol. The van der Waals surface area contributed by atoms with E-state index in [0.717, 1.165) is 5.89 Å². The predicted molar refractivity (Wildman–Crippen MR) is 56.8 cm³/mol. The smallest absolute Gasteiger partial charge is 0.315 e. The summed E-state index contributed by atoms with van der Waals surface area (Å²) in [6.45, 7) is 0. The first kappa shape index (κ1) is 9.19. The van der Waals surface area contributed by atoms with Crippen molar-refractivity contribution < 1.29 is 4.42 Å². The largest absolute Gasteiger partial charge is 0.408 e. The van der Waals surface area contributed by atoms with Crippen LogP contribution in [0.5, 0.6) is 0 Å². The molecule has 1 aromatic rings. The molecule has 4 heteroatoms. The van der Waals surface area contributed by atoms with E-state index in [9.17, 15) is 0 Å². The third kappa shape index (κ3) is 2.13. The highest BCUT2D eigenvalue weighted by atomic mass is 16.4. The Morgan fingerprint density at radius 1 is 1.00 bits per heavy atom. The van der Waals surface area contributed by atoms with Crippen molar-refractivity contribution in [3.05, 3.63) is 5.89 Å². The van der Waals surface area contributed by atoms with Crippen LogP contribution in [-0.4, -0.2) is 16.2 Å². The van der Waals surface area contributed by atoms with Crippen molar-refractivity contribution in [1.82, 2.24) is 10.2 Å². The molecule has 15 heavy (non-hydrogen) atoms. The molecule has 0 saturated heterocycles. The number of hydrogen-bond donors (Lipinski definition) is 1. The quantitative estimate of drug-likeness (QED) is 0.827. The normalized spacial score (nSPS) is 22.9. The molecule has 0 unspecified atom stereocenters. The molecule has 0 aliphatic heterocycles. The highest BCUT2D eigenvalue weighted by Crippen LogP contribution is 2.33. The van der Waals surface area contributed by atoms with Gasteiger partial charge in [0.05, 0.1) is 0 Å². The van der Waals surface area contributed by atoms with Crippen LogP contribution in [-0.2, 0) is 0 Å². The van der Waals surface area contributed by atoms with Crippen LogP contribution in [0.3, 0.4) is 0 Å². The van der Waals surface area contributed by atoms with E-state index < -0.39 is 0 Å². The molecule has 0 amide bonds. The first-order chi connectivity index (χ1) is 7.42. The molecule has 0 atom stereocenters. The highest BCUT2D eigenvalue weighted by molar-refractivity contribution is 5.22. The van der Waals surface area contributed by atoms with Gasteiger partial charge in [-0.3, -0.25) is 0 Å². The fraction of sp³-hybridized carbons (Fsp3) is 0.818. The lowest BCUT2D eigenvalue weighted by atomic mass is 9.89. The summed E-state index contributed by atoms with van der Waals surface area (Å²) in [4.78, 5) is 0. The number of rotatable bonds is 3. The lowest BCUT2D eigenvalue weighted by molar-refractivity contribution is 0.367. The zero-order valence-corrected chi connectivity index (χ0v) is 8.91. The summed E-state index contributed by atoms with van der Waals surface area (Å²) in [6, 6.07) is 1.21. The second-order valence-electron chi connectivity index (χ2n) is 4.70. The zero-order valence-electron chi connectivity index (χ0n) is 8.91. The SMILES string of the molecule is C1CCC(c2nnc(NC3CC3)o2)CC1. The molecule has 2 aliphatic carbocycles. The first-order valence-corrected chi connectivity index (χ1v) is 6.02. The van der Waals surface area contributed by atoms with Crippen molar-refractivity contribution in [2.75, 3.05) is 5.32 Å². The van der Waals surface area contributed by atoms with Crippen LogP contribution in [0.1, 0.15) is 56.8 Å². The van der Waals surface area contributed by atoms with Gasteiger partial charge in [-0.1, -0.05) is 24.4 Å². The maximum atomic E-state index is 5.64. The summed E-state index contributed by atoms with van der Waals surface area (Å²) in [6.07, 6.45) is 8.87. The lowest BCUT2D eigenvalue weighted by Crippen LogP contribution is -2.04. The predicted octanol–water partition coefficient (Wildman–Crippen LogP) is 2.69. The summed E-state index contributed by atoms with van der Waals surface area (Å²) in [5.74, 6) is 1.36. The van der Waals surface area contributed by atoms with E-state index in [1.54, 1.807) is 0 Å². The molecule has 82 valence electrons. The molecule has 1 aromatic heterocycles. The van der Waals surface area contributed by atoms with Gasteiger partial charge < -0.3 is 9.73 Å². The Hall–Kier alpha value is -1.06. The van der Waals surface area contributed by atoms with Crippen LogP contribution in [0, 0.1) is 0 Å². The molecule has 4 nitrogen and oxygen atoms in total. The highest BCUT2D eigenvalue weighted by Gasteiger charge is 2.25. The number of nitrogens with zero attached hydrogens (tertiary/aromatic N) is 2. The molecule has 1 heterocycles. The van der Waals surface area contributed by atoms with Crippen LogP contribution < -0.4 is 5.32 Å². The Kier molecular flexibility index (Phi) is 2.35. The molecule has 2 saturated carbocycles. The van der Waals surface area contributed by atoms with Crippen molar-refractivity contribution in [2.45, 2.75) is 56.9 Å². The summed E-state index contributed by atoms with van der Waals surface area (Å²) in [5, 5.41) is 11.4. The average molecular weight is 207 g/mol. The van der Waals surface area contributed by atoms with Crippen LogP contribution >= 0.6 is 0 Å². The number of aromatic nitrogens is 2. The van der Waals surface area contributed by atoms with E-state index in [0.29, 0.717) is 18.0 Å². The molecule has 2 fully saturated rings. The summed E-state index contributed by atoms with van der Waals surface area (Å²) >= 11 is 0. The maximum absolute atomic E-state index is 5.64. The van der Waals surface area contributed by atoms with Crippen molar-refractivity contribution in [2.24, 2.45) is 0 Å². The summed E-state index contributed by atoms with van der Waals surface area (Å²) < 4.78 is 5.64. The standard InChI is InChI=1S/C11H17N3O/c1-2-4-8(5-3-1)10-13-14-11(15-10)12-9-6-7-9/h8-9H,1-7H2,(H,12,14). The molecule has 0 radical (unpaired) electrons. The molecular weight excluding hydrogens is 190 g/mol. The minimum Gasteiger partial charge on any atom is -0.408 e. The number of anilines is 1. The van der Waals surface area contributed by atoms with Crippen molar-refractivity contribution >= 4 is 6.01 Å². The van der Waals surface area contributed by atoms with E-state index >= 15 is 0 Å². The van der Waals surface area contributed by atoms with E-state index in [1.165, 1.54) is 44.9 Å². The van der Waals surface area contributed by atoms with Crippen molar-refractivity contribution in [3.63, 3.8) is 0 Å². The van der Waals surface area contributed by atoms with Gasteiger partial charge in [-0.05, 0) is 25.7 Å². The van der Waals surface area contributed by atoms with Gasteiger partial charge in [0.15, 0.2) is 0 Å². The van der Waals surface area contributed by atoms with Crippen molar-refractivity contribution in [3.8, 4) is 0 Å². The average Bonchev–Trinajstić information content (AvgIpc) is 2.96. The maximum Gasteiger partial charge on any atom is 0.315 e. The van der Waals surface area contributed by atoms with E-state index in [4.69, 9.17) is 4.42 Å². The fourth-order valence-corrected chi connectivity index (χ4v) is 2.21. The Labute approximate surface area is 89.5 Å².